The maximum Gasteiger partial charge on any atom is 0.263 e. The molecule has 5 nitrogen and oxygen atoms in total. The molecule has 2 rings (SSSR count). The molecule has 0 saturated carbocycles. The highest BCUT2D eigenvalue weighted by Gasteiger charge is 2.05. The van der Waals surface area contributed by atoms with E-state index in [0.717, 1.165) is 0 Å². The lowest BCUT2D eigenvalue weighted by Crippen LogP contribution is -2.04. The minimum atomic E-state index is -0.198. The molecular formula is C5H3BrN4O. The number of rotatable bonds is 0. The molecule has 0 aliphatic heterocycles. The summed E-state index contributed by atoms with van der Waals surface area (Å²) in [7, 11) is 0. The molecule has 0 saturated heterocycles. The first-order chi connectivity index (χ1) is 5.29. The topological polar surface area (TPSA) is 74.4 Å². The molecule has 0 aromatic carbocycles. The van der Waals surface area contributed by atoms with E-state index < -0.39 is 0 Å². The van der Waals surface area contributed by atoms with Crippen molar-refractivity contribution in [3.8, 4) is 0 Å². The highest BCUT2D eigenvalue weighted by atomic mass is 79.9. The maximum atomic E-state index is 11.1. The van der Waals surface area contributed by atoms with Crippen molar-refractivity contribution in [2.24, 2.45) is 0 Å². The van der Waals surface area contributed by atoms with Gasteiger partial charge in [-0.3, -0.25) is 9.89 Å². The quantitative estimate of drug-likeness (QED) is 0.668. The molecule has 11 heavy (non-hydrogen) atoms. The Kier molecular flexibility index (Phi) is 1.28. The highest BCUT2D eigenvalue weighted by molar-refractivity contribution is 9.10. The van der Waals surface area contributed by atoms with Gasteiger partial charge < -0.3 is 4.98 Å². The second-order valence-corrected chi connectivity index (χ2v) is 2.76. The van der Waals surface area contributed by atoms with Crippen LogP contribution in [0.2, 0.25) is 0 Å². The fourth-order valence-corrected chi connectivity index (χ4v) is 1.28. The minimum Gasteiger partial charge on any atom is -0.312 e. The van der Waals surface area contributed by atoms with Crippen molar-refractivity contribution in [1.82, 2.24) is 20.2 Å². The maximum absolute atomic E-state index is 11.1. The Bertz CT molecular complexity index is 445. The summed E-state index contributed by atoms with van der Waals surface area (Å²) in [5, 5.41) is 6.83. The van der Waals surface area contributed by atoms with Crippen LogP contribution >= 0.6 is 15.9 Å². The van der Waals surface area contributed by atoms with Crippen LogP contribution in [0, 0.1) is 0 Å². The van der Waals surface area contributed by atoms with Gasteiger partial charge in [0.1, 0.15) is 9.99 Å². The van der Waals surface area contributed by atoms with Crippen molar-refractivity contribution < 1.29 is 0 Å². The average molecular weight is 215 g/mol. The third-order valence-corrected chi connectivity index (χ3v) is 1.89. The van der Waals surface area contributed by atoms with E-state index in [-0.39, 0.29) is 5.56 Å². The van der Waals surface area contributed by atoms with Crippen molar-refractivity contribution in [3.63, 3.8) is 0 Å². The van der Waals surface area contributed by atoms with Crippen LogP contribution in [0.4, 0.5) is 0 Å². The molecule has 0 amide bonds. The van der Waals surface area contributed by atoms with Crippen molar-refractivity contribution in [1.29, 1.82) is 0 Å². The average Bonchev–Trinajstić information content (AvgIpc) is 2.34. The zero-order valence-corrected chi connectivity index (χ0v) is 6.84. The fourth-order valence-electron chi connectivity index (χ4n) is 0.831. The molecule has 56 valence electrons. The van der Waals surface area contributed by atoms with Gasteiger partial charge >= 0.3 is 0 Å². The molecule has 0 unspecified atom stereocenters. The Morgan fingerprint density at radius 3 is 3.09 bits per heavy atom. The molecular weight excluding hydrogens is 212 g/mol. The summed E-state index contributed by atoms with van der Waals surface area (Å²) in [6, 6.07) is 0. The van der Waals surface area contributed by atoms with Gasteiger partial charge in [-0.2, -0.15) is 5.10 Å². The summed E-state index contributed by atoms with van der Waals surface area (Å²) in [6.07, 6.45) is 1.32. The van der Waals surface area contributed by atoms with E-state index in [4.69, 9.17) is 0 Å². The van der Waals surface area contributed by atoms with Crippen LogP contribution in [-0.4, -0.2) is 20.2 Å². The molecule has 0 radical (unpaired) electrons. The minimum absolute atomic E-state index is 0.198. The molecule has 0 aliphatic rings. The first kappa shape index (κ1) is 6.53. The summed E-state index contributed by atoms with van der Waals surface area (Å²) < 4.78 is 0.557. The highest BCUT2D eigenvalue weighted by Crippen LogP contribution is 2.13. The molecule has 0 atom stereocenters. The van der Waals surface area contributed by atoms with E-state index in [1.54, 1.807) is 0 Å². The van der Waals surface area contributed by atoms with Crippen LogP contribution in [0.3, 0.4) is 0 Å². The predicted molar refractivity (Wildman–Crippen MR) is 42.2 cm³/mol. The third-order valence-electron chi connectivity index (χ3n) is 1.31. The second kappa shape index (κ2) is 2.16. The number of hydrogen-bond acceptors (Lipinski definition) is 3. The molecule has 0 spiro atoms. The Balaban J connectivity index is 3.08. The van der Waals surface area contributed by atoms with E-state index in [1.807, 2.05) is 0 Å². The lowest BCUT2D eigenvalue weighted by molar-refractivity contribution is 1.07. The van der Waals surface area contributed by atoms with E-state index in [2.05, 4.69) is 36.1 Å². The number of nitrogens with one attached hydrogen (secondary N) is 2. The normalized spacial score (nSPS) is 10.6. The van der Waals surface area contributed by atoms with Gasteiger partial charge in [0.2, 0.25) is 0 Å². The number of H-pyrrole nitrogens is 2. The number of aromatic amines is 2. The lowest BCUT2D eigenvalue weighted by Gasteiger charge is -1.83. The Morgan fingerprint density at radius 2 is 2.36 bits per heavy atom. The van der Waals surface area contributed by atoms with Gasteiger partial charge in [0, 0.05) is 0 Å². The summed E-state index contributed by atoms with van der Waals surface area (Å²) in [5.41, 5.74) is 0.219. The van der Waals surface area contributed by atoms with Crippen molar-refractivity contribution in [2.45, 2.75) is 0 Å². The van der Waals surface area contributed by atoms with Crippen LogP contribution in [0.15, 0.2) is 15.7 Å². The van der Waals surface area contributed by atoms with Crippen LogP contribution in [0.1, 0.15) is 0 Å². The fraction of sp³-hybridized carbons (Fsp3) is 0. The predicted octanol–water partition coefficient (Wildman–Crippen LogP) is 0.409. The van der Waals surface area contributed by atoms with E-state index in [9.17, 15) is 4.79 Å². The van der Waals surface area contributed by atoms with Crippen LogP contribution in [0.25, 0.3) is 11.0 Å². The summed E-state index contributed by atoms with van der Waals surface area (Å²) in [6.45, 7) is 0. The molecule has 0 fully saturated rings. The van der Waals surface area contributed by atoms with Gasteiger partial charge in [-0.1, -0.05) is 0 Å². The van der Waals surface area contributed by atoms with E-state index >= 15 is 0 Å². The SMILES string of the molecule is O=c1[nH]cnc2n[nH]c(Br)c12. The van der Waals surface area contributed by atoms with Crippen LogP contribution in [-0.2, 0) is 0 Å². The van der Waals surface area contributed by atoms with Gasteiger partial charge in [-0.25, -0.2) is 4.98 Å². The number of halogens is 1. The second-order valence-electron chi connectivity index (χ2n) is 1.97. The van der Waals surface area contributed by atoms with E-state index in [1.165, 1.54) is 6.33 Å². The number of aromatic nitrogens is 4. The van der Waals surface area contributed by atoms with Gasteiger partial charge in [-0.05, 0) is 15.9 Å². The van der Waals surface area contributed by atoms with Crippen molar-refractivity contribution >= 4 is 27.0 Å². The monoisotopic (exact) mass is 214 g/mol. The summed E-state index contributed by atoms with van der Waals surface area (Å²) in [5.74, 6) is 0. The lowest BCUT2D eigenvalue weighted by atomic mass is 10.4. The molecule has 2 aromatic rings. The molecule has 2 N–H and O–H groups in total. The van der Waals surface area contributed by atoms with Crippen molar-refractivity contribution in [2.75, 3.05) is 0 Å². The van der Waals surface area contributed by atoms with Gasteiger partial charge in [-0.15, -0.1) is 0 Å². The largest absolute Gasteiger partial charge is 0.312 e. The molecule has 6 heteroatoms. The summed E-state index contributed by atoms with van der Waals surface area (Å²) in [4.78, 5) is 17.4. The Labute approximate surface area is 69.0 Å². The third kappa shape index (κ3) is 0.864. The summed E-state index contributed by atoms with van der Waals surface area (Å²) >= 11 is 3.14. The molecule has 0 bridgehead atoms. The zero-order chi connectivity index (χ0) is 7.84. The Hall–Kier alpha value is -1.17. The molecule has 2 aromatic heterocycles. The first-order valence-corrected chi connectivity index (χ1v) is 3.65. The number of fused-ring (bicyclic) bond motifs is 1. The molecule has 0 aliphatic carbocycles. The number of hydrogen-bond donors (Lipinski definition) is 2. The van der Waals surface area contributed by atoms with Crippen LogP contribution < -0.4 is 5.56 Å². The smallest absolute Gasteiger partial charge is 0.263 e. The van der Waals surface area contributed by atoms with Crippen molar-refractivity contribution in [3.05, 3.63) is 21.3 Å². The zero-order valence-electron chi connectivity index (χ0n) is 5.26. The Morgan fingerprint density at radius 1 is 1.55 bits per heavy atom. The van der Waals surface area contributed by atoms with Gasteiger partial charge in [0.15, 0.2) is 5.65 Å². The number of nitrogens with zero attached hydrogens (tertiary/aromatic N) is 2. The van der Waals surface area contributed by atoms with Crippen LogP contribution in [0.5, 0.6) is 0 Å². The van der Waals surface area contributed by atoms with Gasteiger partial charge in [0.25, 0.3) is 5.56 Å². The standard InChI is InChI=1S/C5H3BrN4O/c6-3-2-4(10-9-3)7-1-8-5(2)11/h1H,(H2,7,8,9,10,11). The van der Waals surface area contributed by atoms with E-state index in [0.29, 0.717) is 15.6 Å². The first-order valence-electron chi connectivity index (χ1n) is 2.86. The van der Waals surface area contributed by atoms with Gasteiger partial charge in [0.05, 0.1) is 6.33 Å². The molecule has 2 heterocycles.